The second-order valence-corrected chi connectivity index (χ2v) is 4.55. The first-order chi connectivity index (χ1) is 6.56. The van der Waals surface area contributed by atoms with Crippen LogP contribution in [-0.4, -0.2) is 41.5 Å². The highest BCUT2D eigenvalue weighted by Gasteiger charge is 2.16. The molecule has 0 saturated carbocycles. The highest BCUT2D eigenvalue weighted by atomic mass is 32.2. The Morgan fingerprint density at radius 1 is 1.64 bits per heavy atom. The van der Waals surface area contributed by atoms with E-state index in [1.165, 1.54) is 13.4 Å². The first kappa shape index (κ1) is 11.1. The van der Waals surface area contributed by atoms with Crippen LogP contribution in [-0.2, 0) is 16.8 Å². The predicted octanol–water partition coefficient (Wildman–Crippen LogP) is -0.909. The third kappa shape index (κ3) is 2.76. The third-order valence-electron chi connectivity index (χ3n) is 1.57. The quantitative estimate of drug-likeness (QED) is 0.670. The fourth-order valence-corrected chi connectivity index (χ4v) is 1.77. The predicted molar refractivity (Wildman–Crippen MR) is 50.4 cm³/mol. The van der Waals surface area contributed by atoms with Gasteiger partial charge in [-0.2, -0.15) is 17.8 Å². The monoisotopic (exact) mass is 219 g/mol. The number of nitrogens with one attached hydrogen (secondary N) is 2. The Kier molecular flexibility index (Phi) is 3.55. The minimum atomic E-state index is -3.39. The molecule has 0 atom stereocenters. The van der Waals surface area contributed by atoms with Crippen LogP contribution in [0.25, 0.3) is 0 Å². The Balaban J connectivity index is 2.62. The Morgan fingerprint density at radius 2 is 2.36 bits per heavy atom. The molecule has 0 unspecified atom stereocenters. The van der Waals surface area contributed by atoms with E-state index in [1.807, 2.05) is 0 Å². The molecule has 7 nitrogen and oxygen atoms in total. The zero-order valence-corrected chi connectivity index (χ0v) is 8.87. The van der Waals surface area contributed by atoms with Crippen LogP contribution in [0.5, 0.6) is 0 Å². The number of hydrogen-bond donors (Lipinski definition) is 2. The molecule has 0 saturated heterocycles. The van der Waals surface area contributed by atoms with Gasteiger partial charge in [-0.15, -0.1) is 0 Å². The second-order valence-electron chi connectivity index (χ2n) is 2.69. The summed E-state index contributed by atoms with van der Waals surface area (Å²) in [5, 5.41) is 6.21. The number of rotatable bonds is 5. The van der Waals surface area contributed by atoms with Crippen molar-refractivity contribution in [3.05, 3.63) is 12.2 Å². The molecule has 0 aliphatic rings. The number of hydrogen-bond acceptors (Lipinski definition) is 4. The van der Waals surface area contributed by atoms with Gasteiger partial charge in [-0.25, -0.2) is 9.71 Å². The average molecular weight is 219 g/mol. The number of aromatic amines is 1. The van der Waals surface area contributed by atoms with Crippen molar-refractivity contribution in [3.63, 3.8) is 0 Å². The molecule has 1 aromatic rings. The highest BCUT2D eigenvalue weighted by molar-refractivity contribution is 7.87. The van der Waals surface area contributed by atoms with E-state index in [0.717, 1.165) is 4.31 Å². The SMILES string of the molecule is CCNS(=O)(=O)N(C)Cc1ncn[nH]1. The fraction of sp³-hybridized carbons (Fsp3) is 0.667. The van der Waals surface area contributed by atoms with E-state index in [-0.39, 0.29) is 6.54 Å². The molecule has 1 rings (SSSR count). The van der Waals surface area contributed by atoms with E-state index >= 15 is 0 Å². The molecule has 2 N–H and O–H groups in total. The van der Waals surface area contributed by atoms with Crippen molar-refractivity contribution in [2.24, 2.45) is 0 Å². The molecule has 0 fully saturated rings. The lowest BCUT2D eigenvalue weighted by atomic mass is 10.6. The van der Waals surface area contributed by atoms with E-state index < -0.39 is 10.2 Å². The Bertz CT molecular complexity index is 360. The molecule has 8 heteroatoms. The van der Waals surface area contributed by atoms with Crippen LogP contribution in [0.1, 0.15) is 12.7 Å². The van der Waals surface area contributed by atoms with E-state index in [0.29, 0.717) is 12.4 Å². The molecular formula is C6H13N5O2S. The summed E-state index contributed by atoms with van der Waals surface area (Å²) in [7, 11) is -1.92. The van der Waals surface area contributed by atoms with Crippen molar-refractivity contribution in [1.82, 2.24) is 24.2 Å². The molecule has 0 amide bonds. The van der Waals surface area contributed by atoms with Gasteiger partial charge < -0.3 is 0 Å². The van der Waals surface area contributed by atoms with E-state index in [1.54, 1.807) is 6.92 Å². The minimum absolute atomic E-state index is 0.176. The molecular weight excluding hydrogens is 206 g/mol. The van der Waals surface area contributed by atoms with E-state index in [2.05, 4.69) is 19.9 Å². The lowest BCUT2D eigenvalue weighted by molar-refractivity contribution is 0.447. The maximum Gasteiger partial charge on any atom is 0.279 e. The third-order valence-corrected chi connectivity index (χ3v) is 3.18. The first-order valence-electron chi connectivity index (χ1n) is 4.11. The van der Waals surface area contributed by atoms with Crippen LogP contribution in [0.4, 0.5) is 0 Å². The van der Waals surface area contributed by atoms with Crippen LogP contribution in [0.15, 0.2) is 6.33 Å². The summed E-state index contributed by atoms with van der Waals surface area (Å²) in [6.45, 7) is 2.26. The topological polar surface area (TPSA) is 91.0 Å². The lowest BCUT2D eigenvalue weighted by Gasteiger charge is -2.15. The molecule has 14 heavy (non-hydrogen) atoms. The van der Waals surface area contributed by atoms with E-state index in [4.69, 9.17) is 0 Å². The Labute approximate surface area is 82.7 Å². The molecule has 0 radical (unpaired) electrons. The second kappa shape index (κ2) is 4.49. The number of nitrogens with zero attached hydrogens (tertiary/aromatic N) is 3. The van der Waals surface area contributed by atoms with Crippen molar-refractivity contribution in [2.75, 3.05) is 13.6 Å². The summed E-state index contributed by atoms with van der Waals surface area (Å²) < 4.78 is 26.4. The highest BCUT2D eigenvalue weighted by Crippen LogP contribution is 1.99. The van der Waals surface area contributed by atoms with E-state index in [9.17, 15) is 8.42 Å². The molecule has 0 aromatic carbocycles. The van der Waals surface area contributed by atoms with Gasteiger partial charge in [-0.3, -0.25) is 5.10 Å². The van der Waals surface area contributed by atoms with Crippen molar-refractivity contribution in [1.29, 1.82) is 0 Å². The molecule has 0 bridgehead atoms. The number of H-pyrrole nitrogens is 1. The maximum absolute atomic E-state index is 11.4. The molecule has 1 aromatic heterocycles. The van der Waals surface area contributed by atoms with Crippen LogP contribution in [0.3, 0.4) is 0 Å². The van der Waals surface area contributed by atoms with Crippen LogP contribution >= 0.6 is 0 Å². The van der Waals surface area contributed by atoms with Crippen molar-refractivity contribution in [2.45, 2.75) is 13.5 Å². The molecule has 0 spiro atoms. The van der Waals surface area contributed by atoms with Gasteiger partial charge in [0.15, 0.2) is 0 Å². The average Bonchev–Trinajstić information content (AvgIpc) is 2.56. The standard InChI is InChI=1S/C6H13N5O2S/c1-3-9-14(12,13)11(2)4-6-7-5-8-10-6/h5,9H,3-4H2,1-2H3,(H,7,8,10). The zero-order chi connectivity index (χ0) is 10.6. The van der Waals surface area contributed by atoms with Crippen LogP contribution in [0, 0.1) is 0 Å². The van der Waals surface area contributed by atoms with Gasteiger partial charge in [0.1, 0.15) is 12.2 Å². The van der Waals surface area contributed by atoms with Gasteiger partial charge in [0.05, 0.1) is 6.54 Å². The zero-order valence-electron chi connectivity index (χ0n) is 8.06. The van der Waals surface area contributed by atoms with Crippen LogP contribution < -0.4 is 4.72 Å². The summed E-state index contributed by atoms with van der Waals surface area (Å²) >= 11 is 0. The Morgan fingerprint density at radius 3 is 2.86 bits per heavy atom. The summed E-state index contributed by atoms with van der Waals surface area (Å²) in [6.07, 6.45) is 1.34. The first-order valence-corrected chi connectivity index (χ1v) is 5.55. The summed E-state index contributed by atoms with van der Waals surface area (Å²) in [5.41, 5.74) is 0. The summed E-state index contributed by atoms with van der Waals surface area (Å²) in [4.78, 5) is 3.83. The fourth-order valence-electron chi connectivity index (χ4n) is 0.895. The summed E-state index contributed by atoms with van der Waals surface area (Å²) in [6, 6.07) is 0. The smallest absolute Gasteiger partial charge is 0.262 e. The van der Waals surface area contributed by atoms with Gasteiger partial charge in [0, 0.05) is 13.6 Å². The minimum Gasteiger partial charge on any atom is -0.262 e. The molecule has 80 valence electrons. The molecule has 0 aliphatic heterocycles. The normalized spacial score (nSPS) is 12.2. The Hall–Kier alpha value is -0.990. The maximum atomic E-state index is 11.4. The van der Waals surface area contributed by atoms with Gasteiger partial charge >= 0.3 is 0 Å². The molecule has 1 heterocycles. The van der Waals surface area contributed by atoms with Crippen LogP contribution in [0.2, 0.25) is 0 Å². The largest absolute Gasteiger partial charge is 0.279 e. The van der Waals surface area contributed by atoms with Crippen molar-refractivity contribution >= 4 is 10.2 Å². The van der Waals surface area contributed by atoms with Gasteiger partial charge in [0.25, 0.3) is 10.2 Å². The molecule has 0 aliphatic carbocycles. The summed E-state index contributed by atoms with van der Waals surface area (Å²) in [5.74, 6) is 0.508. The lowest BCUT2D eigenvalue weighted by Crippen LogP contribution is -2.37. The number of aromatic nitrogens is 3. The van der Waals surface area contributed by atoms with Crippen molar-refractivity contribution in [3.8, 4) is 0 Å². The van der Waals surface area contributed by atoms with Gasteiger partial charge in [-0.05, 0) is 0 Å². The van der Waals surface area contributed by atoms with Gasteiger partial charge in [-0.1, -0.05) is 6.92 Å². The van der Waals surface area contributed by atoms with Crippen molar-refractivity contribution < 1.29 is 8.42 Å². The van der Waals surface area contributed by atoms with Gasteiger partial charge in [0.2, 0.25) is 0 Å².